The maximum atomic E-state index is 12.3. The number of aromatic nitrogens is 1. The Morgan fingerprint density at radius 1 is 1.10 bits per heavy atom. The molecular formula is C22H25N3O6. The van der Waals surface area contributed by atoms with Gasteiger partial charge in [0.25, 0.3) is 5.91 Å². The molecule has 3 aromatic rings. The van der Waals surface area contributed by atoms with Crippen LogP contribution in [0.4, 0.5) is 0 Å². The van der Waals surface area contributed by atoms with E-state index in [-0.39, 0.29) is 12.3 Å². The lowest BCUT2D eigenvalue weighted by atomic mass is 10.2. The predicted molar refractivity (Wildman–Crippen MR) is 114 cm³/mol. The molecule has 0 radical (unpaired) electrons. The summed E-state index contributed by atoms with van der Waals surface area (Å²) < 4.78 is 17.5. The average Bonchev–Trinajstić information content (AvgIpc) is 3.11. The Morgan fingerprint density at radius 2 is 1.90 bits per heavy atom. The van der Waals surface area contributed by atoms with Gasteiger partial charge in [0.2, 0.25) is 5.91 Å². The zero-order valence-electron chi connectivity index (χ0n) is 17.5. The van der Waals surface area contributed by atoms with Crippen molar-refractivity contribution in [1.29, 1.82) is 0 Å². The Hall–Kier alpha value is -3.75. The number of aryl methyl sites for hydroxylation is 1. The normalized spacial score (nSPS) is 10.6. The molecule has 2 amide bonds. The molecule has 0 unspecified atom stereocenters. The summed E-state index contributed by atoms with van der Waals surface area (Å²) in [5.41, 5.74) is 6.26. The molecule has 0 aliphatic rings. The standard InChI is InChI=1S/C22H25N3O6/c1-3-13-30-18-11-10-15(14-19(18)29-2)21(27)24-23-20(26)9-6-12-25-16-7-4-5-8-17(16)31-22(25)28/h4-5,7-8,10-11,14H,3,6,9,12-13H2,1-2H3,(H,23,26)(H,24,27). The number of para-hydroxylation sites is 2. The SMILES string of the molecule is CCCOc1ccc(C(=O)NNC(=O)CCCn2c(=O)oc3ccccc32)cc1OC. The lowest BCUT2D eigenvalue weighted by molar-refractivity contribution is -0.122. The Bertz CT molecular complexity index is 1120. The van der Waals surface area contributed by atoms with Gasteiger partial charge in [-0.3, -0.25) is 25.0 Å². The van der Waals surface area contributed by atoms with Crippen molar-refractivity contribution in [3.05, 3.63) is 58.6 Å². The van der Waals surface area contributed by atoms with Crippen LogP contribution in [0.3, 0.4) is 0 Å². The van der Waals surface area contributed by atoms with Gasteiger partial charge in [-0.25, -0.2) is 4.79 Å². The number of carbonyl (C=O) groups excluding carboxylic acids is 2. The van der Waals surface area contributed by atoms with Crippen molar-refractivity contribution < 1.29 is 23.5 Å². The Kier molecular flexibility index (Phi) is 7.31. The van der Waals surface area contributed by atoms with Gasteiger partial charge >= 0.3 is 5.76 Å². The van der Waals surface area contributed by atoms with Gasteiger partial charge in [-0.15, -0.1) is 0 Å². The van der Waals surface area contributed by atoms with Crippen molar-refractivity contribution in [3.63, 3.8) is 0 Å². The first-order valence-corrected chi connectivity index (χ1v) is 10.0. The summed E-state index contributed by atoms with van der Waals surface area (Å²) in [5.74, 6) is -0.331. The van der Waals surface area contributed by atoms with E-state index in [0.29, 0.717) is 47.7 Å². The van der Waals surface area contributed by atoms with Gasteiger partial charge in [0.1, 0.15) is 0 Å². The van der Waals surface area contributed by atoms with E-state index < -0.39 is 11.7 Å². The van der Waals surface area contributed by atoms with E-state index in [1.54, 1.807) is 36.4 Å². The maximum absolute atomic E-state index is 12.3. The fourth-order valence-electron chi connectivity index (χ4n) is 3.02. The van der Waals surface area contributed by atoms with Crippen LogP contribution >= 0.6 is 0 Å². The predicted octanol–water partition coefficient (Wildman–Crippen LogP) is 2.63. The van der Waals surface area contributed by atoms with Gasteiger partial charge < -0.3 is 13.9 Å². The van der Waals surface area contributed by atoms with Crippen LogP contribution in [0.1, 0.15) is 36.5 Å². The first-order chi connectivity index (χ1) is 15.0. The highest BCUT2D eigenvalue weighted by molar-refractivity contribution is 5.96. The third-order valence-corrected chi connectivity index (χ3v) is 4.56. The van der Waals surface area contributed by atoms with Crippen molar-refractivity contribution in [3.8, 4) is 11.5 Å². The molecule has 0 aliphatic carbocycles. The van der Waals surface area contributed by atoms with Crippen LogP contribution in [-0.2, 0) is 11.3 Å². The quantitative estimate of drug-likeness (QED) is 0.508. The summed E-state index contributed by atoms with van der Waals surface area (Å²) >= 11 is 0. The monoisotopic (exact) mass is 427 g/mol. The van der Waals surface area contributed by atoms with Gasteiger partial charge in [0, 0.05) is 18.5 Å². The van der Waals surface area contributed by atoms with Crippen LogP contribution in [0, 0.1) is 0 Å². The fraction of sp³-hybridized carbons (Fsp3) is 0.318. The molecule has 0 atom stereocenters. The van der Waals surface area contributed by atoms with Gasteiger partial charge in [-0.1, -0.05) is 19.1 Å². The molecule has 9 nitrogen and oxygen atoms in total. The smallest absolute Gasteiger partial charge is 0.419 e. The molecule has 1 aromatic heterocycles. The Morgan fingerprint density at radius 3 is 2.68 bits per heavy atom. The summed E-state index contributed by atoms with van der Waals surface area (Å²) in [6, 6.07) is 11.9. The maximum Gasteiger partial charge on any atom is 0.419 e. The van der Waals surface area contributed by atoms with Gasteiger partial charge in [0.05, 0.1) is 19.2 Å². The van der Waals surface area contributed by atoms with Crippen LogP contribution in [0.2, 0.25) is 0 Å². The number of amides is 2. The second-order valence-corrected chi connectivity index (χ2v) is 6.81. The van der Waals surface area contributed by atoms with Crippen LogP contribution in [0.5, 0.6) is 11.5 Å². The zero-order valence-corrected chi connectivity index (χ0v) is 17.5. The fourth-order valence-corrected chi connectivity index (χ4v) is 3.02. The zero-order chi connectivity index (χ0) is 22.2. The average molecular weight is 427 g/mol. The molecule has 0 aliphatic heterocycles. The number of oxazole rings is 1. The van der Waals surface area contributed by atoms with Crippen molar-refractivity contribution in [1.82, 2.24) is 15.4 Å². The minimum Gasteiger partial charge on any atom is -0.493 e. The lowest BCUT2D eigenvalue weighted by Crippen LogP contribution is -2.41. The molecule has 164 valence electrons. The number of methoxy groups -OCH3 is 1. The minimum absolute atomic E-state index is 0.124. The van der Waals surface area contributed by atoms with Crippen molar-refractivity contribution in [2.75, 3.05) is 13.7 Å². The van der Waals surface area contributed by atoms with E-state index in [2.05, 4.69) is 10.9 Å². The molecule has 1 heterocycles. The van der Waals surface area contributed by atoms with Crippen LogP contribution in [-0.4, -0.2) is 30.1 Å². The first-order valence-electron chi connectivity index (χ1n) is 10.0. The summed E-state index contributed by atoms with van der Waals surface area (Å²) in [4.78, 5) is 36.3. The number of rotatable bonds is 9. The number of nitrogens with one attached hydrogen (secondary N) is 2. The van der Waals surface area contributed by atoms with E-state index in [9.17, 15) is 14.4 Å². The minimum atomic E-state index is -0.481. The molecule has 0 fully saturated rings. The number of carbonyl (C=O) groups is 2. The lowest BCUT2D eigenvalue weighted by Gasteiger charge is -2.12. The molecule has 3 rings (SSSR count). The number of ether oxygens (including phenoxy) is 2. The molecule has 31 heavy (non-hydrogen) atoms. The molecule has 2 aromatic carbocycles. The number of benzene rings is 2. The topological polar surface area (TPSA) is 112 Å². The van der Waals surface area contributed by atoms with E-state index >= 15 is 0 Å². The number of hydrogen-bond acceptors (Lipinski definition) is 6. The van der Waals surface area contributed by atoms with Crippen molar-refractivity contribution in [2.45, 2.75) is 32.7 Å². The highest BCUT2D eigenvalue weighted by Gasteiger charge is 2.13. The second-order valence-electron chi connectivity index (χ2n) is 6.81. The Balaban J connectivity index is 1.49. The highest BCUT2D eigenvalue weighted by Crippen LogP contribution is 2.28. The number of hydrogen-bond donors (Lipinski definition) is 2. The molecule has 2 N–H and O–H groups in total. The van der Waals surface area contributed by atoms with E-state index in [1.165, 1.54) is 11.7 Å². The van der Waals surface area contributed by atoms with E-state index in [4.69, 9.17) is 13.9 Å². The number of fused-ring (bicyclic) bond motifs is 1. The largest absolute Gasteiger partial charge is 0.493 e. The number of nitrogens with zero attached hydrogens (tertiary/aromatic N) is 1. The van der Waals surface area contributed by atoms with Gasteiger partial charge in [-0.2, -0.15) is 0 Å². The van der Waals surface area contributed by atoms with E-state index in [1.807, 2.05) is 13.0 Å². The van der Waals surface area contributed by atoms with E-state index in [0.717, 1.165) is 6.42 Å². The van der Waals surface area contributed by atoms with Crippen molar-refractivity contribution in [2.24, 2.45) is 0 Å². The summed E-state index contributed by atoms with van der Waals surface area (Å²) in [7, 11) is 1.49. The van der Waals surface area contributed by atoms with Crippen molar-refractivity contribution >= 4 is 22.9 Å². The van der Waals surface area contributed by atoms with Crippen LogP contribution in [0.15, 0.2) is 51.7 Å². The second kappa shape index (κ2) is 10.3. The Labute approximate surface area is 178 Å². The van der Waals surface area contributed by atoms with Crippen LogP contribution < -0.4 is 26.1 Å². The van der Waals surface area contributed by atoms with Crippen LogP contribution in [0.25, 0.3) is 11.1 Å². The highest BCUT2D eigenvalue weighted by atomic mass is 16.5. The molecular weight excluding hydrogens is 402 g/mol. The summed E-state index contributed by atoms with van der Waals surface area (Å²) in [6.07, 6.45) is 1.38. The molecule has 9 heteroatoms. The van der Waals surface area contributed by atoms with Gasteiger partial charge in [0.15, 0.2) is 17.1 Å². The molecule has 0 bridgehead atoms. The molecule has 0 saturated heterocycles. The summed E-state index contributed by atoms with van der Waals surface area (Å²) in [6.45, 7) is 2.86. The molecule has 0 saturated carbocycles. The van der Waals surface area contributed by atoms with Gasteiger partial charge in [-0.05, 0) is 43.2 Å². The summed E-state index contributed by atoms with van der Waals surface area (Å²) in [5, 5.41) is 0. The third-order valence-electron chi connectivity index (χ3n) is 4.56. The first kappa shape index (κ1) is 21.9. The molecule has 0 spiro atoms. The third kappa shape index (κ3) is 5.44. The number of hydrazine groups is 1.